The van der Waals surface area contributed by atoms with Crippen molar-refractivity contribution in [2.75, 3.05) is 6.54 Å². The highest BCUT2D eigenvalue weighted by molar-refractivity contribution is 5.96. The lowest BCUT2D eigenvalue weighted by Gasteiger charge is -2.09. The molecule has 1 atom stereocenters. The predicted molar refractivity (Wildman–Crippen MR) is 68.1 cm³/mol. The molecule has 0 aliphatic carbocycles. The Balaban J connectivity index is 2.66. The van der Waals surface area contributed by atoms with Crippen molar-refractivity contribution >= 4 is 5.78 Å². The van der Waals surface area contributed by atoms with Crippen LogP contribution in [0.2, 0.25) is 0 Å². The fourth-order valence-corrected chi connectivity index (χ4v) is 1.57. The van der Waals surface area contributed by atoms with Crippen molar-refractivity contribution in [1.29, 1.82) is 0 Å². The first-order chi connectivity index (χ1) is 8.19. The van der Waals surface area contributed by atoms with Gasteiger partial charge < -0.3 is 0 Å². The van der Waals surface area contributed by atoms with Gasteiger partial charge in [-0.15, -0.1) is 0 Å². The molecular formula is C13H17N3O. The van der Waals surface area contributed by atoms with E-state index in [0.29, 0.717) is 11.5 Å². The summed E-state index contributed by atoms with van der Waals surface area (Å²) in [6, 6.07) is 7.68. The summed E-state index contributed by atoms with van der Waals surface area (Å²) in [4.78, 5) is 14.3. The fraction of sp³-hybridized carbons (Fsp3) is 0.462. The summed E-state index contributed by atoms with van der Waals surface area (Å²) in [5, 5.41) is 3.36. The Morgan fingerprint density at radius 1 is 1.41 bits per heavy atom. The highest BCUT2D eigenvalue weighted by Gasteiger charge is 2.07. The number of carbonyl (C=O) groups is 1. The number of Topliss-reactive ketones (excluding diaryl/α,β-unsaturated/α-hetero) is 1. The van der Waals surface area contributed by atoms with Crippen LogP contribution in [-0.4, -0.2) is 12.3 Å². The summed E-state index contributed by atoms with van der Waals surface area (Å²) in [5.74, 6) is 0.537. The number of azide groups is 1. The molecule has 0 fully saturated rings. The van der Waals surface area contributed by atoms with Crippen LogP contribution in [0.3, 0.4) is 0 Å². The van der Waals surface area contributed by atoms with E-state index in [1.807, 2.05) is 24.3 Å². The van der Waals surface area contributed by atoms with Gasteiger partial charge in [-0.3, -0.25) is 4.79 Å². The van der Waals surface area contributed by atoms with Gasteiger partial charge in [-0.25, -0.2) is 0 Å². The number of benzene rings is 1. The Morgan fingerprint density at radius 3 is 2.59 bits per heavy atom. The van der Waals surface area contributed by atoms with Crippen molar-refractivity contribution in [2.24, 2.45) is 5.11 Å². The molecular weight excluding hydrogens is 214 g/mol. The molecule has 1 unspecified atom stereocenters. The molecule has 90 valence electrons. The lowest BCUT2D eigenvalue weighted by atomic mass is 9.96. The van der Waals surface area contributed by atoms with Crippen molar-refractivity contribution in [3.63, 3.8) is 0 Å². The third-order valence-electron chi connectivity index (χ3n) is 2.92. The summed E-state index contributed by atoms with van der Waals surface area (Å²) in [6.45, 7) is 4.53. The molecule has 1 rings (SSSR count). The van der Waals surface area contributed by atoms with Gasteiger partial charge in [0.25, 0.3) is 0 Å². The number of rotatable bonds is 6. The van der Waals surface area contributed by atoms with Crippen LogP contribution in [0.15, 0.2) is 29.4 Å². The molecule has 0 aliphatic heterocycles. The molecule has 0 saturated carbocycles. The van der Waals surface area contributed by atoms with E-state index in [2.05, 4.69) is 23.9 Å². The van der Waals surface area contributed by atoms with E-state index in [-0.39, 0.29) is 18.7 Å². The average molecular weight is 231 g/mol. The van der Waals surface area contributed by atoms with E-state index < -0.39 is 0 Å². The molecule has 0 bridgehead atoms. The Morgan fingerprint density at radius 2 is 2.06 bits per heavy atom. The molecule has 1 aromatic carbocycles. The first-order valence-electron chi connectivity index (χ1n) is 5.83. The van der Waals surface area contributed by atoms with E-state index in [1.165, 1.54) is 5.56 Å². The van der Waals surface area contributed by atoms with Crippen molar-refractivity contribution in [1.82, 2.24) is 0 Å². The molecule has 1 aromatic rings. The zero-order valence-corrected chi connectivity index (χ0v) is 10.3. The van der Waals surface area contributed by atoms with Crippen LogP contribution in [0.1, 0.15) is 48.5 Å². The second-order valence-electron chi connectivity index (χ2n) is 4.06. The van der Waals surface area contributed by atoms with Gasteiger partial charge in [0.2, 0.25) is 0 Å². The smallest absolute Gasteiger partial charge is 0.163 e. The fourth-order valence-electron chi connectivity index (χ4n) is 1.57. The van der Waals surface area contributed by atoms with Crippen LogP contribution in [0, 0.1) is 0 Å². The highest BCUT2D eigenvalue weighted by Crippen LogP contribution is 2.19. The third-order valence-corrected chi connectivity index (χ3v) is 2.92. The number of hydrogen-bond acceptors (Lipinski definition) is 2. The van der Waals surface area contributed by atoms with Gasteiger partial charge in [-0.05, 0) is 23.4 Å². The summed E-state index contributed by atoms with van der Waals surface area (Å²) in [7, 11) is 0. The first-order valence-corrected chi connectivity index (χ1v) is 5.83. The molecule has 0 amide bonds. The topological polar surface area (TPSA) is 65.8 Å². The first kappa shape index (κ1) is 13.3. The SMILES string of the molecule is CCC(C)c1ccc(C(=O)CCN=[N+]=[N-])cc1. The standard InChI is InChI=1S/C13H17N3O/c1-3-10(2)11-4-6-12(7-5-11)13(17)8-9-15-16-14/h4-7,10H,3,8-9H2,1-2H3. The van der Waals surface area contributed by atoms with Crippen LogP contribution in [0.25, 0.3) is 10.4 Å². The number of ketones is 1. The van der Waals surface area contributed by atoms with E-state index in [4.69, 9.17) is 5.53 Å². The minimum atomic E-state index is 0.0214. The minimum Gasteiger partial charge on any atom is -0.294 e. The third kappa shape index (κ3) is 3.93. The van der Waals surface area contributed by atoms with Gasteiger partial charge >= 0.3 is 0 Å². The monoisotopic (exact) mass is 231 g/mol. The van der Waals surface area contributed by atoms with Crippen LogP contribution >= 0.6 is 0 Å². The number of hydrogen-bond donors (Lipinski definition) is 0. The summed E-state index contributed by atoms with van der Waals surface area (Å²) in [5.41, 5.74) is 10.1. The Labute approximate surface area is 101 Å². The molecule has 4 heteroatoms. The van der Waals surface area contributed by atoms with E-state index in [1.54, 1.807) is 0 Å². The van der Waals surface area contributed by atoms with Crippen LogP contribution < -0.4 is 0 Å². The molecule has 0 heterocycles. The van der Waals surface area contributed by atoms with Gasteiger partial charge in [0.05, 0.1) is 0 Å². The minimum absolute atomic E-state index is 0.0214. The zero-order valence-electron chi connectivity index (χ0n) is 10.3. The summed E-state index contributed by atoms with van der Waals surface area (Å²) in [6.07, 6.45) is 1.36. The van der Waals surface area contributed by atoms with Crippen LogP contribution in [-0.2, 0) is 0 Å². The lowest BCUT2D eigenvalue weighted by Crippen LogP contribution is -2.01. The molecule has 0 radical (unpaired) electrons. The molecule has 0 spiro atoms. The van der Waals surface area contributed by atoms with Crippen molar-refractivity contribution in [3.05, 3.63) is 45.8 Å². The molecule has 0 saturated heterocycles. The van der Waals surface area contributed by atoms with Gasteiger partial charge in [0.15, 0.2) is 5.78 Å². The highest BCUT2D eigenvalue weighted by atomic mass is 16.1. The van der Waals surface area contributed by atoms with E-state index in [9.17, 15) is 4.79 Å². The van der Waals surface area contributed by atoms with Crippen molar-refractivity contribution < 1.29 is 4.79 Å². The molecule has 0 aliphatic rings. The maximum absolute atomic E-state index is 11.7. The lowest BCUT2D eigenvalue weighted by molar-refractivity contribution is 0.0985. The van der Waals surface area contributed by atoms with Gasteiger partial charge in [0, 0.05) is 23.4 Å². The Kier molecular flexibility index (Phi) is 5.24. The van der Waals surface area contributed by atoms with Crippen molar-refractivity contribution in [3.8, 4) is 0 Å². The van der Waals surface area contributed by atoms with E-state index >= 15 is 0 Å². The second-order valence-corrected chi connectivity index (χ2v) is 4.06. The van der Waals surface area contributed by atoms with Crippen molar-refractivity contribution in [2.45, 2.75) is 32.6 Å². The van der Waals surface area contributed by atoms with E-state index in [0.717, 1.165) is 6.42 Å². The molecule has 4 nitrogen and oxygen atoms in total. The number of nitrogens with zero attached hydrogens (tertiary/aromatic N) is 3. The summed E-state index contributed by atoms with van der Waals surface area (Å²) < 4.78 is 0. The molecule has 0 aromatic heterocycles. The van der Waals surface area contributed by atoms with Gasteiger partial charge in [0.1, 0.15) is 0 Å². The van der Waals surface area contributed by atoms with Crippen LogP contribution in [0.4, 0.5) is 0 Å². The largest absolute Gasteiger partial charge is 0.294 e. The summed E-state index contributed by atoms with van der Waals surface area (Å²) >= 11 is 0. The normalized spacial score (nSPS) is 11.6. The Bertz CT molecular complexity index is 419. The van der Waals surface area contributed by atoms with Gasteiger partial charge in [-0.2, -0.15) is 0 Å². The second kappa shape index (κ2) is 6.71. The predicted octanol–water partition coefficient (Wildman–Crippen LogP) is 4.08. The number of carbonyl (C=O) groups excluding carboxylic acids is 1. The molecule has 0 N–H and O–H groups in total. The van der Waals surface area contributed by atoms with Gasteiger partial charge in [-0.1, -0.05) is 43.2 Å². The Hall–Kier alpha value is -1.80. The van der Waals surface area contributed by atoms with Crippen LogP contribution in [0.5, 0.6) is 0 Å². The maximum Gasteiger partial charge on any atom is 0.163 e. The molecule has 17 heavy (non-hydrogen) atoms. The quantitative estimate of drug-likeness (QED) is 0.315. The average Bonchev–Trinajstić information content (AvgIpc) is 2.38. The zero-order chi connectivity index (χ0) is 12.7. The maximum atomic E-state index is 11.7.